The second-order valence-electron chi connectivity index (χ2n) is 4.22. The van der Waals surface area contributed by atoms with E-state index in [1.54, 1.807) is 18.3 Å². The fourth-order valence-corrected chi connectivity index (χ4v) is 3.41. The van der Waals surface area contributed by atoms with Gasteiger partial charge in [-0.2, -0.15) is 4.99 Å². The molecular weight excluding hydrogens is 322 g/mol. The van der Waals surface area contributed by atoms with Crippen LogP contribution in [0.3, 0.4) is 0 Å². The molecular formula is C13H17N5O2S2. The molecule has 0 atom stereocenters. The molecule has 0 aliphatic rings. The summed E-state index contributed by atoms with van der Waals surface area (Å²) in [7, 11) is 0. The SMILES string of the molecule is CCOC(=O)NCCc1ccc(-c2csc(N=C(N)N)n2)s1. The van der Waals surface area contributed by atoms with E-state index in [1.807, 2.05) is 17.5 Å². The summed E-state index contributed by atoms with van der Waals surface area (Å²) >= 11 is 3.01. The number of nitrogens with two attached hydrogens (primary N) is 2. The molecule has 0 saturated heterocycles. The van der Waals surface area contributed by atoms with Gasteiger partial charge < -0.3 is 21.5 Å². The van der Waals surface area contributed by atoms with Gasteiger partial charge in [-0.25, -0.2) is 9.78 Å². The number of guanidine groups is 1. The fourth-order valence-electron chi connectivity index (χ4n) is 1.66. The van der Waals surface area contributed by atoms with Gasteiger partial charge in [0.2, 0.25) is 5.13 Å². The van der Waals surface area contributed by atoms with E-state index in [2.05, 4.69) is 15.3 Å². The zero-order valence-electron chi connectivity index (χ0n) is 12.0. The Hall–Kier alpha value is -2.13. The van der Waals surface area contributed by atoms with Crippen LogP contribution in [0.25, 0.3) is 10.6 Å². The molecule has 2 rings (SSSR count). The van der Waals surface area contributed by atoms with E-state index in [-0.39, 0.29) is 12.1 Å². The number of amides is 1. The maximum Gasteiger partial charge on any atom is 0.407 e. The van der Waals surface area contributed by atoms with Crippen molar-refractivity contribution < 1.29 is 9.53 Å². The predicted molar refractivity (Wildman–Crippen MR) is 89.6 cm³/mol. The van der Waals surface area contributed by atoms with Gasteiger partial charge in [0.15, 0.2) is 5.96 Å². The second-order valence-corrected chi connectivity index (χ2v) is 6.22. The van der Waals surface area contributed by atoms with Crippen LogP contribution in [0.2, 0.25) is 0 Å². The Morgan fingerprint density at radius 2 is 2.27 bits per heavy atom. The quantitative estimate of drug-likeness (QED) is 0.550. The highest BCUT2D eigenvalue weighted by Gasteiger charge is 2.08. The smallest absolute Gasteiger partial charge is 0.407 e. The van der Waals surface area contributed by atoms with Gasteiger partial charge in [0, 0.05) is 16.8 Å². The molecule has 0 fully saturated rings. The number of aromatic nitrogens is 1. The summed E-state index contributed by atoms with van der Waals surface area (Å²) in [4.78, 5) is 21.7. The van der Waals surface area contributed by atoms with Crippen LogP contribution in [0, 0.1) is 0 Å². The molecule has 9 heteroatoms. The number of hydrogen-bond donors (Lipinski definition) is 3. The van der Waals surface area contributed by atoms with Gasteiger partial charge in [0.25, 0.3) is 0 Å². The molecule has 0 bridgehead atoms. The molecule has 1 amide bonds. The summed E-state index contributed by atoms with van der Waals surface area (Å²) in [6.45, 7) is 2.68. The third-order valence-electron chi connectivity index (χ3n) is 2.55. The van der Waals surface area contributed by atoms with E-state index in [0.29, 0.717) is 18.3 Å². The monoisotopic (exact) mass is 339 g/mol. The van der Waals surface area contributed by atoms with Gasteiger partial charge in [0.1, 0.15) is 0 Å². The standard InChI is InChI=1S/C13H17N5O2S2/c1-2-20-13(19)16-6-5-8-3-4-10(22-8)9-7-21-12(17-9)18-11(14)15/h3-4,7H,2,5-6H2,1H3,(H,16,19)(H4,14,15,17,18). The maximum atomic E-state index is 11.2. The molecule has 2 aromatic heterocycles. The molecule has 2 heterocycles. The highest BCUT2D eigenvalue weighted by Crippen LogP contribution is 2.31. The highest BCUT2D eigenvalue weighted by molar-refractivity contribution is 7.16. The normalized spacial score (nSPS) is 10.2. The Labute approximate surface area is 136 Å². The minimum Gasteiger partial charge on any atom is -0.450 e. The molecule has 0 saturated carbocycles. The zero-order chi connectivity index (χ0) is 15.9. The Balaban J connectivity index is 1.92. The van der Waals surface area contributed by atoms with Gasteiger partial charge in [-0.05, 0) is 25.5 Å². The first-order chi connectivity index (χ1) is 10.6. The molecule has 5 N–H and O–H groups in total. The number of nitrogens with one attached hydrogen (secondary N) is 1. The summed E-state index contributed by atoms with van der Waals surface area (Å²) in [6.07, 6.45) is 0.356. The van der Waals surface area contributed by atoms with E-state index in [0.717, 1.165) is 21.9 Å². The minimum absolute atomic E-state index is 0.00203. The lowest BCUT2D eigenvalue weighted by atomic mass is 10.3. The van der Waals surface area contributed by atoms with Gasteiger partial charge in [-0.15, -0.1) is 22.7 Å². The lowest BCUT2D eigenvalue weighted by molar-refractivity contribution is 0.152. The summed E-state index contributed by atoms with van der Waals surface area (Å²) in [5, 5.41) is 5.14. The van der Waals surface area contributed by atoms with Gasteiger partial charge in [-0.1, -0.05) is 0 Å². The Bertz CT molecular complexity index is 661. The van der Waals surface area contributed by atoms with Crippen molar-refractivity contribution in [1.82, 2.24) is 10.3 Å². The number of ether oxygens (including phenoxy) is 1. The summed E-state index contributed by atoms with van der Waals surface area (Å²) < 4.78 is 4.80. The Morgan fingerprint density at radius 3 is 3.00 bits per heavy atom. The first-order valence-corrected chi connectivity index (χ1v) is 8.33. The van der Waals surface area contributed by atoms with E-state index < -0.39 is 0 Å². The highest BCUT2D eigenvalue weighted by atomic mass is 32.1. The van der Waals surface area contributed by atoms with Gasteiger partial charge in [-0.3, -0.25) is 0 Å². The zero-order valence-corrected chi connectivity index (χ0v) is 13.7. The molecule has 118 valence electrons. The van der Waals surface area contributed by atoms with Crippen molar-refractivity contribution >= 4 is 39.9 Å². The second kappa shape index (κ2) is 7.76. The molecule has 0 aliphatic carbocycles. The van der Waals surface area contributed by atoms with Crippen LogP contribution in [0.1, 0.15) is 11.8 Å². The maximum absolute atomic E-state index is 11.2. The number of thiazole rings is 1. The largest absolute Gasteiger partial charge is 0.450 e. The lowest BCUT2D eigenvalue weighted by Gasteiger charge is -2.03. The summed E-state index contributed by atoms with van der Waals surface area (Å²) in [5.74, 6) is -0.00203. The fraction of sp³-hybridized carbons (Fsp3) is 0.308. The molecule has 7 nitrogen and oxygen atoms in total. The number of aliphatic imine (C=N–C) groups is 1. The average molecular weight is 339 g/mol. The van der Waals surface area contributed by atoms with Crippen molar-refractivity contribution in [1.29, 1.82) is 0 Å². The van der Waals surface area contributed by atoms with E-state index in [4.69, 9.17) is 16.2 Å². The number of carbonyl (C=O) groups is 1. The van der Waals surface area contributed by atoms with Crippen LogP contribution < -0.4 is 16.8 Å². The van der Waals surface area contributed by atoms with Crippen LogP contribution in [-0.4, -0.2) is 30.2 Å². The average Bonchev–Trinajstić information content (AvgIpc) is 3.07. The van der Waals surface area contributed by atoms with Crippen molar-refractivity contribution in [3.05, 3.63) is 22.4 Å². The van der Waals surface area contributed by atoms with E-state index in [9.17, 15) is 4.79 Å². The van der Waals surface area contributed by atoms with Gasteiger partial charge >= 0.3 is 6.09 Å². The molecule has 0 spiro atoms. The Kier molecular flexibility index (Phi) is 5.73. The first-order valence-electron chi connectivity index (χ1n) is 6.63. The third-order valence-corrected chi connectivity index (χ3v) is 4.45. The molecule has 0 radical (unpaired) electrons. The van der Waals surface area contributed by atoms with E-state index >= 15 is 0 Å². The van der Waals surface area contributed by atoms with Crippen LogP contribution in [-0.2, 0) is 11.2 Å². The summed E-state index contributed by atoms with van der Waals surface area (Å²) in [5.41, 5.74) is 11.5. The lowest BCUT2D eigenvalue weighted by Crippen LogP contribution is -2.26. The number of thiophene rings is 1. The van der Waals surface area contributed by atoms with Crippen molar-refractivity contribution in [3.63, 3.8) is 0 Å². The number of carbonyl (C=O) groups excluding carboxylic acids is 1. The Morgan fingerprint density at radius 1 is 1.45 bits per heavy atom. The third kappa shape index (κ3) is 4.71. The van der Waals surface area contributed by atoms with Gasteiger partial charge in [0.05, 0.1) is 17.2 Å². The summed E-state index contributed by atoms with van der Waals surface area (Å²) in [6, 6.07) is 4.02. The first kappa shape index (κ1) is 16.2. The van der Waals surface area contributed by atoms with Crippen LogP contribution in [0.15, 0.2) is 22.5 Å². The van der Waals surface area contributed by atoms with Crippen LogP contribution in [0.4, 0.5) is 9.93 Å². The molecule has 0 aromatic carbocycles. The predicted octanol–water partition coefficient (Wildman–Crippen LogP) is 2.07. The molecule has 0 unspecified atom stereocenters. The topological polar surface area (TPSA) is 116 Å². The molecule has 0 aliphatic heterocycles. The van der Waals surface area contributed by atoms with Crippen LogP contribution in [0.5, 0.6) is 0 Å². The van der Waals surface area contributed by atoms with Crippen molar-refractivity contribution in [2.75, 3.05) is 13.2 Å². The van der Waals surface area contributed by atoms with Crippen molar-refractivity contribution in [2.24, 2.45) is 16.5 Å². The van der Waals surface area contributed by atoms with Crippen molar-refractivity contribution in [3.8, 4) is 10.6 Å². The number of nitrogens with zero attached hydrogens (tertiary/aromatic N) is 2. The van der Waals surface area contributed by atoms with E-state index in [1.165, 1.54) is 11.3 Å². The van der Waals surface area contributed by atoms with Crippen LogP contribution >= 0.6 is 22.7 Å². The number of rotatable bonds is 6. The molecule has 22 heavy (non-hydrogen) atoms. The molecule has 2 aromatic rings. The number of hydrogen-bond acceptors (Lipinski definition) is 6. The number of alkyl carbamates (subject to hydrolysis) is 1. The van der Waals surface area contributed by atoms with Crippen molar-refractivity contribution in [2.45, 2.75) is 13.3 Å². The minimum atomic E-state index is -0.388.